The molecule has 1 N–H and O–H groups in total. The van der Waals surface area contributed by atoms with Gasteiger partial charge in [0.05, 0.1) is 19.9 Å². The number of methoxy groups -OCH3 is 2. The van der Waals surface area contributed by atoms with Gasteiger partial charge in [-0.2, -0.15) is 0 Å². The summed E-state index contributed by atoms with van der Waals surface area (Å²) in [5.41, 5.74) is 2.65. The third-order valence-corrected chi connectivity index (χ3v) is 4.43. The molecule has 1 heterocycles. The summed E-state index contributed by atoms with van der Waals surface area (Å²) in [5.74, 6) is 0.880. The molecule has 0 radical (unpaired) electrons. The number of carbonyl (C=O) groups excluding carboxylic acids is 2. The molecule has 6 nitrogen and oxygen atoms in total. The van der Waals surface area contributed by atoms with E-state index >= 15 is 0 Å². The number of amides is 2. The van der Waals surface area contributed by atoms with Gasteiger partial charge in [0.25, 0.3) is 0 Å². The van der Waals surface area contributed by atoms with Gasteiger partial charge in [-0.15, -0.1) is 0 Å². The van der Waals surface area contributed by atoms with Gasteiger partial charge in [0, 0.05) is 31.1 Å². The highest BCUT2D eigenvalue weighted by atomic mass is 16.5. The van der Waals surface area contributed by atoms with Crippen LogP contribution in [0.5, 0.6) is 11.5 Å². The van der Waals surface area contributed by atoms with E-state index in [9.17, 15) is 9.59 Å². The first-order valence-corrected chi connectivity index (χ1v) is 8.52. The molecule has 0 fully saturated rings. The fourth-order valence-electron chi connectivity index (χ4n) is 3.08. The molecule has 26 heavy (non-hydrogen) atoms. The Morgan fingerprint density at radius 1 is 1.08 bits per heavy atom. The lowest BCUT2D eigenvalue weighted by molar-refractivity contribution is -0.122. The van der Waals surface area contributed by atoms with Gasteiger partial charge in [0.1, 0.15) is 11.5 Å². The van der Waals surface area contributed by atoms with Gasteiger partial charge in [0.15, 0.2) is 0 Å². The highest BCUT2D eigenvalue weighted by Crippen LogP contribution is 2.30. The first kappa shape index (κ1) is 17.8. The molecular weight excluding hydrogens is 332 g/mol. The standard InChI is InChI=1S/C20H22N2O4/c1-25-15-7-8-18(26-2)16(13-15)21-19(23)9-10-20(24)22-12-11-14-5-3-4-6-17(14)22/h3-8,13H,9-12H2,1-2H3,(H,21,23). The van der Waals surface area contributed by atoms with Crippen LogP contribution in [0.3, 0.4) is 0 Å². The van der Waals surface area contributed by atoms with E-state index in [1.165, 1.54) is 12.7 Å². The van der Waals surface area contributed by atoms with E-state index in [4.69, 9.17) is 9.47 Å². The molecule has 0 aliphatic carbocycles. The molecule has 0 aromatic heterocycles. The lowest BCUT2D eigenvalue weighted by atomic mass is 10.2. The van der Waals surface area contributed by atoms with Crippen LogP contribution in [0.25, 0.3) is 0 Å². The Labute approximate surface area is 152 Å². The zero-order valence-corrected chi connectivity index (χ0v) is 15.0. The number of nitrogens with zero attached hydrogens (tertiary/aromatic N) is 1. The average Bonchev–Trinajstić information content (AvgIpc) is 3.10. The molecule has 2 amide bonds. The number of para-hydroxylation sites is 1. The molecule has 0 saturated carbocycles. The third kappa shape index (κ3) is 3.79. The van der Waals surface area contributed by atoms with Gasteiger partial charge in [-0.1, -0.05) is 18.2 Å². The van der Waals surface area contributed by atoms with Crippen molar-refractivity contribution in [1.82, 2.24) is 0 Å². The van der Waals surface area contributed by atoms with Gasteiger partial charge >= 0.3 is 0 Å². The minimum atomic E-state index is -0.239. The summed E-state index contributed by atoms with van der Waals surface area (Å²) in [5, 5.41) is 2.79. The van der Waals surface area contributed by atoms with Gasteiger partial charge in [-0.05, 0) is 30.2 Å². The highest BCUT2D eigenvalue weighted by molar-refractivity contribution is 5.99. The Morgan fingerprint density at radius 3 is 2.65 bits per heavy atom. The Kier molecular flexibility index (Phi) is 5.41. The molecule has 0 spiro atoms. The summed E-state index contributed by atoms with van der Waals surface area (Å²) in [7, 11) is 3.09. The van der Waals surface area contributed by atoms with E-state index in [1.807, 2.05) is 24.3 Å². The van der Waals surface area contributed by atoms with Crippen molar-refractivity contribution in [2.24, 2.45) is 0 Å². The first-order chi connectivity index (χ1) is 12.6. The molecule has 2 aromatic rings. The van der Waals surface area contributed by atoms with E-state index in [0.717, 1.165) is 12.1 Å². The van der Waals surface area contributed by atoms with Crippen molar-refractivity contribution in [3.63, 3.8) is 0 Å². The molecule has 0 atom stereocenters. The summed E-state index contributed by atoms with van der Waals surface area (Å²) >= 11 is 0. The van der Waals surface area contributed by atoms with E-state index in [1.54, 1.807) is 30.2 Å². The van der Waals surface area contributed by atoms with Crippen molar-refractivity contribution in [3.05, 3.63) is 48.0 Å². The number of anilines is 2. The molecule has 0 bridgehead atoms. The van der Waals surface area contributed by atoms with Crippen molar-refractivity contribution in [2.75, 3.05) is 31.0 Å². The minimum Gasteiger partial charge on any atom is -0.497 e. The number of nitrogens with one attached hydrogen (secondary N) is 1. The van der Waals surface area contributed by atoms with Crippen molar-refractivity contribution >= 4 is 23.2 Å². The predicted octanol–water partition coefficient (Wildman–Crippen LogP) is 3.01. The van der Waals surface area contributed by atoms with Crippen LogP contribution in [-0.4, -0.2) is 32.6 Å². The van der Waals surface area contributed by atoms with Crippen LogP contribution >= 0.6 is 0 Å². The zero-order chi connectivity index (χ0) is 18.5. The largest absolute Gasteiger partial charge is 0.497 e. The lowest BCUT2D eigenvalue weighted by Crippen LogP contribution is -2.29. The second-order valence-electron chi connectivity index (χ2n) is 6.04. The van der Waals surface area contributed by atoms with E-state index < -0.39 is 0 Å². The maximum absolute atomic E-state index is 12.5. The van der Waals surface area contributed by atoms with Crippen molar-refractivity contribution < 1.29 is 19.1 Å². The van der Waals surface area contributed by atoms with Crippen molar-refractivity contribution in [3.8, 4) is 11.5 Å². The van der Waals surface area contributed by atoms with Gasteiger partial charge in [-0.3, -0.25) is 9.59 Å². The summed E-state index contributed by atoms with van der Waals surface area (Å²) in [4.78, 5) is 26.5. The van der Waals surface area contributed by atoms with Crippen molar-refractivity contribution in [1.29, 1.82) is 0 Å². The van der Waals surface area contributed by atoms with Gasteiger partial charge in [0.2, 0.25) is 11.8 Å². The Balaban J connectivity index is 1.59. The fraction of sp³-hybridized carbons (Fsp3) is 0.300. The predicted molar refractivity (Wildman–Crippen MR) is 99.9 cm³/mol. The summed E-state index contributed by atoms with van der Waals surface area (Å²) in [6, 6.07) is 13.0. The van der Waals surface area contributed by atoms with Crippen LogP contribution in [0, 0.1) is 0 Å². The van der Waals surface area contributed by atoms with Crippen LogP contribution in [-0.2, 0) is 16.0 Å². The van der Waals surface area contributed by atoms with Gasteiger partial charge < -0.3 is 19.7 Å². The van der Waals surface area contributed by atoms with E-state index in [-0.39, 0.29) is 24.7 Å². The molecular formula is C20H22N2O4. The molecule has 2 aromatic carbocycles. The molecule has 0 unspecified atom stereocenters. The summed E-state index contributed by atoms with van der Waals surface area (Å²) in [6.45, 7) is 0.670. The second-order valence-corrected chi connectivity index (χ2v) is 6.04. The maximum atomic E-state index is 12.5. The normalized spacial score (nSPS) is 12.5. The number of hydrogen-bond acceptors (Lipinski definition) is 4. The molecule has 136 valence electrons. The number of ether oxygens (including phenoxy) is 2. The molecule has 6 heteroatoms. The van der Waals surface area contributed by atoms with Crippen LogP contribution in [0.2, 0.25) is 0 Å². The van der Waals surface area contributed by atoms with Crippen LogP contribution in [0.1, 0.15) is 18.4 Å². The number of fused-ring (bicyclic) bond motifs is 1. The zero-order valence-electron chi connectivity index (χ0n) is 15.0. The van der Waals surface area contributed by atoms with Crippen molar-refractivity contribution in [2.45, 2.75) is 19.3 Å². The summed E-state index contributed by atoms with van der Waals surface area (Å²) < 4.78 is 10.4. The lowest BCUT2D eigenvalue weighted by Gasteiger charge is -2.17. The number of rotatable bonds is 6. The Hall–Kier alpha value is -3.02. The SMILES string of the molecule is COc1ccc(OC)c(NC(=O)CCC(=O)N2CCc3ccccc32)c1. The molecule has 3 rings (SSSR count). The van der Waals surface area contributed by atoms with Gasteiger partial charge in [-0.25, -0.2) is 0 Å². The molecule has 1 aliphatic heterocycles. The van der Waals surface area contributed by atoms with E-state index in [0.29, 0.717) is 23.7 Å². The van der Waals surface area contributed by atoms with Crippen LogP contribution in [0.15, 0.2) is 42.5 Å². The highest BCUT2D eigenvalue weighted by Gasteiger charge is 2.24. The fourth-order valence-corrected chi connectivity index (χ4v) is 3.08. The number of carbonyl (C=O) groups is 2. The first-order valence-electron chi connectivity index (χ1n) is 8.52. The monoisotopic (exact) mass is 354 g/mol. The van der Waals surface area contributed by atoms with Crippen LogP contribution in [0.4, 0.5) is 11.4 Å². The van der Waals surface area contributed by atoms with Crippen LogP contribution < -0.4 is 19.7 Å². The average molecular weight is 354 g/mol. The summed E-state index contributed by atoms with van der Waals surface area (Å²) in [6.07, 6.45) is 1.12. The topological polar surface area (TPSA) is 67.9 Å². The smallest absolute Gasteiger partial charge is 0.227 e. The third-order valence-electron chi connectivity index (χ3n) is 4.43. The molecule has 0 saturated heterocycles. The maximum Gasteiger partial charge on any atom is 0.227 e. The Morgan fingerprint density at radius 2 is 1.88 bits per heavy atom. The Bertz CT molecular complexity index is 819. The molecule has 1 aliphatic rings. The second kappa shape index (κ2) is 7.91. The minimum absolute atomic E-state index is 0.0392. The number of hydrogen-bond donors (Lipinski definition) is 1. The van der Waals surface area contributed by atoms with E-state index in [2.05, 4.69) is 5.32 Å². The number of benzene rings is 2. The quantitative estimate of drug-likeness (QED) is 0.866.